The molecule has 2 N–H and O–H groups in total. The average Bonchev–Trinajstić information content (AvgIpc) is 3.20. The Bertz CT molecular complexity index is 1030. The molecule has 2 aromatic rings. The first-order chi connectivity index (χ1) is 18.0. The molecule has 1 fully saturated rings. The topological polar surface area (TPSA) is 86.6 Å². The summed E-state index contributed by atoms with van der Waals surface area (Å²) >= 11 is 9.80. The van der Waals surface area contributed by atoms with Crippen LogP contribution in [0.3, 0.4) is 0 Å². The van der Waals surface area contributed by atoms with Gasteiger partial charge in [0.15, 0.2) is 10.4 Å². The zero-order valence-corrected chi connectivity index (χ0v) is 25.7. The molecule has 10 heteroatoms. The van der Waals surface area contributed by atoms with Crippen LogP contribution < -0.4 is 10.6 Å². The molecule has 0 aliphatic heterocycles. The number of aromatic nitrogens is 2. The number of hydrogen-bond donors (Lipinski definition) is 2. The molecule has 1 atom stereocenters. The number of esters is 1. The Labute approximate surface area is 240 Å². The fourth-order valence-corrected chi connectivity index (χ4v) is 5.56. The highest BCUT2D eigenvalue weighted by Gasteiger charge is 2.33. The monoisotopic (exact) mass is 612 g/mol. The summed E-state index contributed by atoms with van der Waals surface area (Å²) in [6, 6.07) is 8.24. The van der Waals surface area contributed by atoms with Gasteiger partial charge in [0.2, 0.25) is 0 Å². The van der Waals surface area contributed by atoms with Gasteiger partial charge in [-0.2, -0.15) is 0 Å². The first-order valence-electron chi connectivity index (χ1n) is 13.4. The van der Waals surface area contributed by atoms with Crippen molar-refractivity contribution in [2.75, 3.05) is 20.1 Å². The van der Waals surface area contributed by atoms with Gasteiger partial charge in [-0.15, -0.1) is 0 Å². The normalized spacial score (nSPS) is 19.1. The van der Waals surface area contributed by atoms with E-state index in [1.807, 2.05) is 45.0 Å². The smallest absolute Gasteiger partial charge is 0.358 e. The summed E-state index contributed by atoms with van der Waals surface area (Å²) in [6.45, 7) is 13.0. The van der Waals surface area contributed by atoms with Crippen molar-refractivity contribution in [3.8, 4) is 0 Å². The van der Waals surface area contributed by atoms with E-state index < -0.39 is 5.97 Å². The third-order valence-corrected chi connectivity index (χ3v) is 7.36. The fourth-order valence-electron chi connectivity index (χ4n) is 4.66. The van der Waals surface area contributed by atoms with Crippen LogP contribution in [0, 0.1) is 0 Å². The van der Waals surface area contributed by atoms with Gasteiger partial charge in [-0.1, -0.05) is 23.7 Å². The summed E-state index contributed by atoms with van der Waals surface area (Å²) in [7, 11) is 0. The molecule has 0 bridgehead atoms. The largest absolute Gasteiger partial charge is 0.461 e. The van der Waals surface area contributed by atoms with Crippen LogP contribution in [0.1, 0.15) is 101 Å². The highest BCUT2D eigenvalue weighted by Crippen LogP contribution is 2.34. The lowest BCUT2D eigenvalue weighted by atomic mass is 9.89. The van der Waals surface area contributed by atoms with Crippen molar-refractivity contribution < 1.29 is 19.0 Å². The molecule has 1 aliphatic carbocycles. The highest BCUT2D eigenvalue weighted by molar-refractivity contribution is 9.10. The second-order valence-corrected chi connectivity index (χ2v) is 12.1. The summed E-state index contributed by atoms with van der Waals surface area (Å²) in [6.07, 6.45) is 4.02. The SMILES string of the molecule is CCOC(=O)c1nc(Br)n(C(C)C)c1C(NC1CCC(NCOCOC(C)(C)C)CC1)c1ccc(Cl)cc1. The van der Waals surface area contributed by atoms with E-state index in [1.165, 1.54) is 0 Å². The molecule has 1 heterocycles. The lowest BCUT2D eigenvalue weighted by Gasteiger charge is -2.34. The molecule has 1 aromatic carbocycles. The number of carbonyl (C=O) groups is 1. The van der Waals surface area contributed by atoms with E-state index >= 15 is 0 Å². The van der Waals surface area contributed by atoms with Crippen molar-refractivity contribution in [2.45, 2.75) is 97.0 Å². The Kier molecular flexibility index (Phi) is 11.6. The van der Waals surface area contributed by atoms with Crippen LogP contribution in [-0.4, -0.2) is 53.3 Å². The number of halogens is 2. The molecular weight excluding hydrogens is 572 g/mol. The van der Waals surface area contributed by atoms with Gasteiger partial charge < -0.3 is 24.1 Å². The third-order valence-electron chi connectivity index (χ3n) is 6.55. The predicted octanol–water partition coefficient (Wildman–Crippen LogP) is 6.38. The van der Waals surface area contributed by atoms with Crippen molar-refractivity contribution in [1.82, 2.24) is 20.2 Å². The number of benzene rings is 1. The molecule has 1 aliphatic rings. The van der Waals surface area contributed by atoms with Gasteiger partial charge in [0.1, 0.15) is 6.79 Å². The Morgan fingerprint density at radius 2 is 1.79 bits per heavy atom. The maximum Gasteiger partial charge on any atom is 0.358 e. The van der Waals surface area contributed by atoms with E-state index in [4.69, 9.17) is 25.8 Å². The number of ether oxygens (including phenoxy) is 3. The molecule has 0 amide bonds. The summed E-state index contributed by atoms with van der Waals surface area (Å²) < 4.78 is 19.3. The Balaban J connectivity index is 1.76. The molecule has 0 spiro atoms. The number of imidazole rings is 1. The lowest BCUT2D eigenvalue weighted by molar-refractivity contribution is -0.124. The highest BCUT2D eigenvalue weighted by atomic mass is 79.9. The molecule has 1 unspecified atom stereocenters. The molecular formula is C28H42BrClN4O4. The number of rotatable bonds is 12. The van der Waals surface area contributed by atoms with Gasteiger partial charge in [0.25, 0.3) is 0 Å². The quantitative estimate of drug-likeness (QED) is 0.163. The second-order valence-electron chi connectivity index (χ2n) is 10.9. The first-order valence-corrected chi connectivity index (χ1v) is 14.6. The van der Waals surface area contributed by atoms with Gasteiger partial charge in [0, 0.05) is 23.1 Å². The van der Waals surface area contributed by atoms with Crippen molar-refractivity contribution in [3.63, 3.8) is 0 Å². The average molecular weight is 614 g/mol. The molecule has 38 heavy (non-hydrogen) atoms. The van der Waals surface area contributed by atoms with E-state index in [2.05, 4.69) is 50.0 Å². The zero-order valence-electron chi connectivity index (χ0n) is 23.4. The Morgan fingerprint density at radius 1 is 1.16 bits per heavy atom. The van der Waals surface area contributed by atoms with Gasteiger partial charge in [0.05, 0.1) is 30.7 Å². The second kappa shape index (κ2) is 14.2. The number of nitrogens with zero attached hydrogens (tertiary/aromatic N) is 2. The van der Waals surface area contributed by atoms with Gasteiger partial charge in [-0.05, 0) is 101 Å². The van der Waals surface area contributed by atoms with Crippen molar-refractivity contribution in [3.05, 3.63) is 51.0 Å². The molecule has 0 radical (unpaired) electrons. The van der Waals surface area contributed by atoms with Crippen LogP contribution in [-0.2, 0) is 14.2 Å². The summed E-state index contributed by atoms with van der Waals surface area (Å²) in [5.74, 6) is -0.424. The minimum absolute atomic E-state index is 0.0776. The van der Waals surface area contributed by atoms with Crippen molar-refractivity contribution in [1.29, 1.82) is 0 Å². The Morgan fingerprint density at radius 3 is 2.37 bits per heavy atom. The van der Waals surface area contributed by atoms with E-state index in [-0.39, 0.29) is 37.1 Å². The van der Waals surface area contributed by atoms with Crippen LogP contribution in [0.15, 0.2) is 29.0 Å². The number of nitrogens with one attached hydrogen (secondary N) is 2. The molecule has 1 aromatic heterocycles. The van der Waals surface area contributed by atoms with E-state index in [9.17, 15) is 4.79 Å². The minimum atomic E-state index is -0.424. The summed E-state index contributed by atoms with van der Waals surface area (Å²) in [4.78, 5) is 17.6. The van der Waals surface area contributed by atoms with Crippen molar-refractivity contribution in [2.24, 2.45) is 0 Å². The standard InChI is InChI=1S/C28H42BrClN4O4/c1-7-37-26(35)24-25(34(18(2)3)27(29)33-24)23(19-8-10-20(30)11-9-19)32-22-14-12-21(13-15-22)31-16-36-17-38-28(4,5)6/h8-11,18,21-23,31-32H,7,12-17H2,1-6H3. The van der Waals surface area contributed by atoms with Crippen LogP contribution in [0.4, 0.5) is 0 Å². The maximum absolute atomic E-state index is 13.0. The van der Waals surface area contributed by atoms with E-state index in [0.717, 1.165) is 36.9 Å². The number of carbonyl (C=O) groups excluding carboxylic acids is 1. The maximum atomic E-state index is 13.0. The van der Waals surface area contributed by atoms with Gasteiger partial charge in [-0.25, -0.2) is 9.78 Å². The third kappa shape index (κ3) is 8.76. The zero-order chi connectivity index (χ0) is 27.9. The minimum Gasteiger partial charge on any atom is -0.461 e. The number of hydrogen-bond acceptors (Lipinski definition) is 7. The fraction of sp³-hybridized carbons (Fsp3) is 0.643. The van der Waals surface area contributed by atoms with E-state index in [0.29, 0.717) is 28.2 Å². The first kappa shape index (κ1) is 31.0. The van der Waals surface area contributed by atoms with E-state index in [1.54, 1.807) is 6.92 Å². The van der Waals surface area contributed by atoms with Crippen LogP contribution in [0.25, 0.3) is 0 Å². The molecule has 1 saturated carbocycles. The molecule has 3 rings (SSSR count). The Hall–Kier alpha value is -1.49. The summed E-state index contributed by atoms with van der Waals surface area (Å²) in [5, 5.41) is 8.01. The molecule has 0 saturated heterocycles. The lowest BCUT2D eigenvalue weighted by Crippen LogP contribution is -2.42. The van der Waals surface area contributed by atoms with Crippen molar-refractivity contribution >= 4 is 33.5 Å². The van der Waals surface area contributed by atoms with Crippen LogP contribution >= 0.6 is 27.5 Å². The summed E-state index contributed by atoms with van der Waals surface area (Å²) in [5.41, 5.74) is 1.92. The predicted molar refractivity (Wildman–Crippen MR) is 154 cm³/mol. The van der Waals surface area contributed by atoms with Crippen LogP contribution in [0.5, 0.6) is 0 Å². The molecule has 8 nitrogen and oxygen atoms in total. The molecule has 212 valence electrons. The van der Waals surface area contributed by atoms with Gasteiger partial charge >= 0.3 is 5.97 Å². The van der Waals surface area contributed by atoms with Gasteiger partial charge in [-0.3, -0.25) is 5.32 Å². The van der Waals surface area contributed by atoms with Crippen LogP contribution in [0.2, 0.25) is 5.02 Å².